The molecule has 0 saturated heterocycles. The Morgan fingerprint density at radius 3 is 2.31 bits per heavy atom. The van der Waals surface area contributed by atoms with Crippen molar-refractivity contribution in [3.05, 3.63) is 59.7 Å². The molecule has 2 rings (SSSR count). The zero-order valence-electron chi connectivity index (χ0n) is 16.2. The highest BCUT2D eigenvalue weighted by Gasteiger charge is 2.22. The van der Waals surface area contributed by atoms with Crippen molar-refractivity contribution in [3.8, 4) is 11.5 Å². The second kappa shape index (κ2) is 9.25. The summed E-state index contributed by atoms with van der Waals surface area (Å²) >= 11 is 0. The minimum Gasteiger partial charge on any atom is -0.497 e. The van der Waals surface area contributed by atoms with Crippen molar-refractivity contribution >= 4 is 5.91 Å². The summed E-state index contributed by atoms with van der Waals surface area (Å²) in [6.45, 7) is 3.14. The maximum absolute atomic E-state index is 12.8. The third kappa shape index (κ3) is 4.99. The Morgan fingerprint density at radius 1 is 1.00 bits per heavy atom. The average Bonchev–Trinajstić information content (AvgIpc) is 2.67. The molecule has 1 amide bonds. The topological polar surface area (TPSA) is 42.0 Å². The third-order valence-corrected chi connectivity index (χ3v) is 4.57. The van der Waals surface area contributed by atoms with Gasteiger partial charge in [0.05, 0.1) is 20.3 Å². The van der Waals surface area contributed by atoms with Gasteiger partial charge in [-0.3, -0.25) is 9.69 Å². The average molecular weight is 356 g/mol. The summed E-state index contributed by atoms with van der Waals surface area (Å²) in [7, 11) is 7.06. The SMILES string of the molecule is COc1ccc(CN(C)[C@H](C)C(=O)N(C)Cc2ccccc2)c(OC)c1. The number of carbonyl (C=O) groups is 1. The summed E-state index contributed by atoms with van der Waals surface area (Å²) < 4.78 is 10.7. The summed E-state index contributed by atoms with van der Waals surface area (Å²) in [5.41, 5.74) is 2.14. The fourth-order valence-electron chi connectivity index (χ4n) is 2.83. The van der Waals surface area contributed by atoms with E-state index < -0.39 is 0 Å². The first kappa shape index (κ1) is 19.8. The molecule has 0 spiro atoms. The number of hydrogen-bond donors (Lipinski definition) is 0. The second-order valence-corrected chi connectivity index (χ2v) is 6.45. The van der Waals surface area contributed by atoms with Crippen molar-refractivity contribution in [1.82, 2.24) is 9.80 Å². The molecule has 140 valence electrons. The van der Waals surface area contributed by atoms with E-state index in [0.717, 1.165) is 22.6 Å². The number of likely N-dealkylation sites (N-methyl/N-ethyl adjacent to an activating group) is 2. The molecule has 0 aromatic heterocycles. The molecule has 0 aliphatic rings. The zero-order chi connectivity index (χ0) is 19.1. The van der Waals surface area contributed by atoms with Crippen molar-refractivity contribution in [3.63, 3.8) is 0 Å². The minimum atomic E-state index is -0.240. The molecule has 2 aromatic rings. The lowest BCUT2D eigenvalue weighted by molar-refractivity contribution is -0.135. The van der Waals surface area contributed by atoms with Crippen molar-refractivity contribution in [2.75, 3.05) is 28.3 Å². The molecule has 0 heterocycles. The fourth-order valence-corrected chi connectivity index (χ4v) is 2.83. The van der Waals surface area contributed by atoms with E-state index in [1.165, 1.54) is 0 Å². The van der Waals surface area contributed by atoms with E-state index in [1.807, 2.05) is 74.4 Å². The highest BCUT2D eigenvalue weighted by atomic mass is 16.5. The van der Waals surface area contributed by atoms with Gasteiger partial charge in [-0.05, 0) is 25.6 Å². The Morgan fingerprint density at radius 2 is 1.69 bits per heavy atom. The van der Waals surface area contributed by atoms with Crippen LogP contribution in [0.4, 0.5) is 0 Å². The molecule has 26 heavy (non-hydrogen) atoms. The molecule has 0 aliphatic carbocycles. The normalized spacial score (nSPS) is 11.9. The molecule has 0 radical (unpaired) electrons. The van der Waals surface area contributed by atoms with Crippen LogP contribution < -0.4 is 9.47 Å². The molecule has 0 saturated carbocycles. The van der Waals surface area contributed by atoms with Gasteiger partial charge in [0.15, 0.2) is 0 Å². The van der Waals surface area contributed by atoms with Crippen molar-refractivity contribution in [1.29, 1.82) is 0 Å². The number of benzene rings is 2. The van der Waals surface area contributed by atoms with Crippen LogP contribution >= 0.6 is 0 Å². The van der Waals surface area contributed by atoms with Crippen LogP contribution in [0.5, 0.6) is 11.5 Å². The number of carbonyl (C=O) groups excluding carboxylic acids is 1. The lowest BCUT2D eigenvalue weighted by Crippen LogP contribution is -2.43. The fraction of sp³-hybridized carbons (Fsp3) is 0.381. The molecule has 5 heteroatoms. The first-order valence-electron chi connectivity index (χ1n) is 8.66. The number of hydrogen-bond acceptors (Lipinski definition) is 4. The Bertz CT molecular complexity index is 718. The second-order valence-electron chi connectivity index (χ2n) is 6.45. The predicted octanol–water partition coefficient (Wildman–Crippen LogP) is 3.18. The predicted molar refractivity (Wildman–Crippen MR) is 103 cm³/mol. The molecule has 0 unspecified atom stereocenters. The molecule has 0 fully saturated rings. The van der Waals surface area contributed by atoms with Crippen LogP contribution in [0.15, 0.2) is 48.5 Å². The van der Waals surface area contributed by atoms with Crippen molar-refractivity contribution in [2.45, 2.75) is 26.1 Å². The van der Waals surface area contributed by atoms with Crippen LogP contribution in [-0.2, 0) is 17.9 Å². The smallest absolute Gasteiger partial charge is 0.239 e. The number of ether oxygens (including phenoxy) is 2. The van der Waals surface area contributed by atoms with Crippen LogP contribution in [0.1, 0.15) is 18.1 Å². The van der Waals surface area contributed by atoms with Gasteiger partial charge in [0.25, 0.3) is 0 Å². The van der Waals surface area contributed by atoms with Gasteiger partial charge in [0, 0.05) is 31.8 Å². The molecule has 1 atom stereocenters. The van der Waals surface area contributed by atoms with E-state index in [-0.39, 0.29) is 11.9 Å². The summed E-state index contributed by atoms with van der Waals surface area (Å²) in [4.78, 5) is 16.6. The van der Waals surface area contributed by atoms with Crippen molar-refractivity contribution in [2.24, 2.45) is 0 Å². The molecular weight excluding hydrogens is 328 g/mol. The standard InChI is InChI=1S/C21H28N2O3/c1-16(21(24)23(3)14-17-9-7-6-8-10-17)22(2)15-18-11-12-19(25-4)13-20(18)26-5/h6-13,16H,14-15H2,1-5H3/t16-/m1/s1. The first-order chi connectivity index (χ1) is 12.5. The Hall–Kier alpha value is -2.53. The molecule has 0 aliphatic heterocycles. The Labute approximate surface area is 156 Å². The molecule has 0 bridgehead atoms. The van der Waals surface area contributed by atoms with Gasteiger partial charge in [-0.15, -0.1) is 0 Å². The Balaban J connectivity index is 2.02. The molecular formula is C21H28N2O3. The van der Waals surface area contributed by atoms with Crippen molar-refractivity contribution < 1.29 is 14.3 Å². The third-order valence-electron chi connectivity index (χ3n) is 4.57. The van der Waals surface area contributed by atoms with E-state index in [1.54, 1.807) is 19.1 Å². The van der Waals surface area contributed by atoms with Crippen LogP contribution in [0.3, 0.4) is 0 Å². The summed E-state index contributed by atoms with van der Waals surface area (Å²) in [6.07, 6.45) is 0. The van der Waals surface area contributed by atoms with Crippen LogP contribution in [-0.4, -0.2) is 50.1 Å². The van der Waals surface area contributed by atoms with Crippen LogP contribution in [0, 0.1) is 0 Å². The highest BCUT2D eigenvalue weighted by molar-refractivity contribution is 5.81. The van der Waals surface area contributed by atoms with E-state index in [4.69, 9.17) is 9.47 Å². The molecule has 0 N–H and O–H groups in total. The van der Waals surface area contributed by atoms with Gasteiger partial charge in [-0.25, -0.2) is 0 Å². The quantitative estimate of drug-likeness (QED) is 0.728. The van der Waals surface area contributed by atoms with Crippen LogP contribution in [0.2, 0.25) is 0 Å². The van der Waals surface area contributed by atoms with Gasteiger partial charge in [0.2, 0.25) is 5.91 Å². The van der Waals surface area contributed by atoms with Gasteiger partial charge in [-0.1, -0.05) is 36.4 Å². The monoisotopic (exact) mass is 356 g/mol. The molecule has 2 aromatic carbocycles. The largest absolute Gasteiger partial charge is 0.497 e. The number of amides is 1. The van der Waals surface area contributed by atoms with E-state index in [9.17, 15) is 4.79 Å². The number of rotatable bonds is 8. The summed E-state index contributed by atoms with van der Waals surface area (Å²) in [6, 6.07) is 15.5. The van der Waals surface area contributed by atoms with E-state index >= 15 is 0 Å². The van der Waals surface area contributed by atoms with Gasteiger partial charge < -0.3 is 14.4 Å². The number of nitrogens with zero attached hydrogens (tertiary/aromatic N) is 2. The van der Waals surface area contributed by atoms with E-state index in [0.29, 0.717) is 13.1 Å². The van der Waals surface area contributed by atoms with Gasteiger partial charge in [-0.2, -0.15) is 0 Å². The van der Waals surface area contributed by atoms with Gasteiger partial charge in [0.1, 0.15) is 11.5 Å². The number of methoxy groups -OCH3 is 2. The summed E-state index contributed by atoms with van der Waals surface area (Å²) in [5.74, 6) is 1.59. The highest BCUT2D eigenvalue weighted by Crippen LogP contribution is 2.26. The molecule has 5 nitrogen and oxygen atoms in total. The maximum atomic E-state index is 12.8. The van der Waals surface area contributed by atoms with E-state index in [2.05, 4.69) is 0 Å². The zero-order valence-corrected chi connectivity index (χ0v) is 16.2. The maximum Gasteiger partial charge on any atom is 0.239 e. The minimum absolute atomic E-state index is 0.0869. The Kier molecular flexibility index (Phi) is 7.04. The lowest BCUT2D eigenvalue weighted by Gasteiger charge is -2.28. The summed E-state index contributed by atoms with van der Waals surface area (Å²) in [5, 5.41) is 0. The first-order valence-corrected chi connectivity index (χ1v) is 8.66. The van der Waals surface area contributed by atoms with Gasteiger partial charge >= 0.3 is 0 Å². The lowest BCUT2D eigenvalue weighted by atomic mass is 10.1. The van der Waals surface area contributed by atoms with Crippen LogP contribution in [0.25, 0.3) is 0 Å².